The summed E-state index contributed by atoms with van der Waals surface area (Å²) in [6.07, 6.45) is 4.87. The standard InChI is InChI=1S/C28H36N2O4/c1-33-25-10-5-9-23(19-25)20-30(21-26-11-6-18-34-26)28(32)24-14-16-29(17-15-24)27(31)13-12-22-7-3-2-4-8-22/h2-5,7-10,19,24,26H,6,11-18,20-21H2,1H3. The summed E-state index contributed by atoms with van der Waals surface area (Å²) in [6, 6.07) is 18.0. The van der Waals surface area contributed by atoms with Gasteiger partial charge in [-0.3, -0.25) is 9.59 Å². The number of ether oxygens (including phenoxy) is 2. The van der Waals surface area contributed by atoms with Gasteiger partial charge in [0.05, 0.1) is 13.2 Å². The van der Waals surface area contributed by atoms with Crippen molar-refractivity contribution in [2.24, 2.45) is 5.92 Å². The molecule has 0 bridgehead atoms. The normalized spacial score (nSPS) is 18.6. The van der Waals surface area contributed by atoms with Gasteiger partial charge in [0.15, 0.2) is 0 Å². The highest BCUT2D eigenvalue weighted by Gasteiger charge is 2.32. The van der Waals surface area contributed by atoms with Crippen LogP contribution in [0.3, 0.4) is 0 Å². The van der Waals surface area contributed by atoms with Crippen molar-refractivity contribution in [2.45, 2.75) is 51.2 Å². The fourth-order valence-electron chi connectivity index (χ4n) is 4.95. The van der Waals surface area contributed by atoms with E-state index in [0.717, 1.165) is 50.0 Å². The summed E-state index contributed by atoms with van der Waals surface area (Å²) in [6.45, 7) is 3.24. The zero-order valence-electron chi connectivity index (χ0n) is 20.2. The van der Waals surface area contributed by atoms with Gasteiger partial charge in [-0.25, -0.2) is 0 Å². The lowest BCUT2D eigenvalue weighted by Gasteiger charge is -2.35. The molecule has 2 aliphatic rings. The maximum absolute atomic E-state index is 13.6. The van der Waals surface area contributed by atoms with Gasteiger partial charge in [0.2, 0.25) is 11.8 Å². The van der Waals surface area contributed by atoms with E-state index in [1.165, 1.54) is 5.56 Å². The van der Waals surface area contributed by atoms with Crippen LogP contribution in [0.25, 0.3) is 0 Å². The molecule has 6 heteroatoms. The first-order chi connectivity index (χ1) is 16.6. The second-order valence-electron chi connectivity index (χ2n) is 9.35. The zero-order chi connectivity index (χ0) is 23.8. The lowest BCUT2D eigenvalue weighted by Crippen LogP contribution is -2.46. The van der Waals surface area contributed by atoms with Crippen LogP contribution in [0.4, 0.5) is 0 Å². The molecule has 2 aliphatic heterocycles. The van der Waals surface area contributed by atoms with Crippen LogP contribution in [0.5, 0.6) is 5.75 Å². The number of piperidine rings is 1. The van der Waals surface area contributed by atoms with Crippen LogP contribution in [0, 0.1) is 5.92 Å². The first-order valence-corrected chi connectivity index (χ1v) is 12.5. The molecule has 1 atom stereocenters. The van der Waals surface area contributed by atoms with Crippen molar-refractivity contribution < 1.29 is 19.1 Å². The minimum absolute atomic E-state index is 0.0508. The Morgan fingerprint density at radius 2 is 1.79 bits per heavy atom. The number of amides is 2. The first kappa shape index (κ1) is 24.3. The van der Waals surface area contributed by atoms with Gasteiger partial charge in [-0.1, -0.05) is 42.5 Å². The number of rotatable bonds is 9. The molecule has 2 aromatic rings. The largest absolute Gasteiger partial charge is 0.497 e. The quantitative estimate of drug-likeness (QED) is 0.561. The van der Waals surface area contributed by atoms with Crippen LogP contribution in [0.15, 0.2) is 54.6 Å². The molecular weight excluding hydrogens is 428 g/mol. The monoisotopic (exact) mass is 464 g/mol. The van der Waals surface area contributed by atoms with Crippen molar-refractivity contribution >= 4 is 11.8 Å². The van der Waals surface area contributed by atoms with E-state index < -0.39 is 0 Å². The van der Waals surface area contributed by atoms with Crippen LogP contribution in [-0.2, 0) is 27.3 Å². The molecular formula is C28H36N2O4. The second kappa shape index (κ2) is 12.0. The van der Waals surface area contributed by atoms with E-state index in [2.05, 4.69) is 12.1 Å². The van der Waals surface area contributed by atoms with E-state index in [-0.39, 0.29) is 23.8 Å². The Balaban J connectivity index is 1.33. The van der Waals surface area contributed by atoms with Gasteiger partial charge in [-0.2, -0.15) is 0 Å². The average molecular weight is 465 g/mol. The van der Waals surface area contributed by atoms with Crippen molar-refractivity contribution in [3.05, 3.63) is 65.7 Å². The molecule has 0 spiro atoms. The fraction of sp³-hybridized carbons (Fsp3) is 0.500. The summed E-state index contributed by atoms with van der Waals surface area (Å²) < 4.78 is 11.2. The predicted octanol–water partition coefficient (Wildman–Crippen LogP) is 4.07. The molecule has 2 amide bonds. The number of methoxy groups -OCH3 is 1. The number of likely N-dealkylation sites (tertiary alicyclic amines) is 1. The van der Waals surface area contributed by atoms with E-state index in [0.29, 0.717) is 32.6 Å². The molecule has 182 valence electrons. The van der Waals surface area contributed by atoms with Crippen molar-refractivity contribution in [1.29, 1.82) is 0 Å². The number of nitrogens with zero attached hydrogens (tertiary/aromatic N) is 2. The third-order valence-corrected chi connectivity index (χ3v) is 6.93. The molecule has 6 nitrogen and oxygen atoms in total. The molecule has 2 aromatic carbocycles. The first-order valence-electron chi connectivity index (χ1n) is 12.5. The smallest absolute Gasteiger partial charge is 0.226 e. The van der Waals surface area contributed by atoms with Crippen molar-refractivity contribution in [1.82, 2.24) is 9.80 Å². The molecule has 0 saturated carbocycles. The number of carbonyl (C=O) groups is 2. The minimum Gasteiger partial charge on any atom is -0.497 e. The summed E-state index contributed by atoms with van der Waals surface area (Å²) in [5.74, 6) is 1.10. The Labute approximate surface area is 202 Å². The summed E-state index contributed by atoms with van der Waals surface area (Å²) in [5, 5.41) is 0. The van der Waals surface area contributed by atoms with Gasteiger partial charge in [0.25, 0.3) is 0 Å². The van der Waals surface area contributed by atoms with Gasteiger partial charge in [-0.15, -0.1) is 0 Å². The van der Waals surface area contributed by atoms with Gasteiger partial charge in [-0.05, 0) is 55.4 Å². The van der Waals surface area contributed by atoms with Crippen molar-refractivity contribution in [3.63, 3.8) is 0 Å². The highest BCUT2D eigenvalue weighted by atomic mass is 16.5. The van der Waals surface area contributed by atoms with Crippen LogP contribution >= 0.6 is 0 Å². The van der Waals surface area contributed by atoms with Gasteiger partial charge >= 0.3 is 0 Å². The molecule has 0 aromatic heterocycles. The van der Waals surface area contributed by atoms with Gasteiger partial charge in [0.1, 0.15) is 5.75 Å². The SMILES string of the molecule is COc1cccc(CN(CC2CCCO2)C(=O)C2CCN(C(=O)CCc3ccccc3)CC2)c1. The molecule has 0 radical (unpaired) electrons. The van der Waals surface area contributed by atoms with Gasteiger partial charge in [0, 0.05) is 45.1 Å². The molecule has 1 unspecified atom stereocenters. The molecule has 4 rings (SSSR count). The number of aryl methyl sites for hydroxylation is 1. The summed E-state index contributed by atoms with van der Waals surface area (Å²) in [4.78, 5) is 30.2. The molecule has 2 saturated heterocycles. The average Bonchev–Trinajstić information content (AvgIpc) is 3.40. The number of hydrogen-bond acceptors (Lipinski definition) is 4. The Bertz CT molecular complexity index is 934. The molecule has 0 aliphatic carbocycles. The van der Waals surface area contributed by atoms with E-state index >= 15 is 0 Å². The molecule has 34 heavy (non-hydrogen) atoms. The minimum atomic E-state index is -0.0508. The Kier molecular flexibility index (Phi) is 8.58. The zero-order valence-corrected chi connectivity index (χ0v) is 20.2. The van der Waals surface area contributed by atoms with E-state index in [1.807, 2.05) is 52.3 Å². The van der Waals surface area contributed by atoms with Crippen molar-refractivity contribution in [2.75, 3.05) is 33.4 Å². The lowest BCUT2D eigenvalue weighted by molar-refractivity contribution is -0.142. The predicted molar refractivity (Wildman–Crippen MR) is 131 cm³/mol. The molecule has 2 fully saturated rings. The maximum Gasteiger partial charge on any atom is 0.226 e. The van der Waals surface area contributed by atoms with Crippen LogP contribution in [-0.4, -0.2) is 61.1 Å². The van der Waals surface area contributed by atoms with Gasteiger partial charge < -0.3 is 19.3 Å². The van der Waals surface area contributed by atoms with E-state index in [9.17, 15) is 9.59 Å². The third-order valence-electron chi connectivity index (χ3n) is 6.93. The van der Waals surface area contributed by atoms with Crippen LogP contribution < -0.4 is 4.74 Å². The Morgan fingerprint density at radius 3 is 2.50 bits per heavy atom. The number of benzene rings is 2. The fourth-order valence-corrected chi connectivity index (χ4v) is 4.95. The number of hydrogen-bond donors (Lipinski definition) is 0. The Hall–Kier alpha value is -2.86. The second-order valence-corrected chi connectivity index (χ2v) is 9.35. The summed E-state index contributed by atoms with van der Waals surface area (Å²) in [5.41, 5.74) is 2.24. The maximum atomic E-state index is 13.6. The van der Waals surface area contributed by atoms with Crippen LogP contribution in [0.2, 0.25) is 0 Å². The molecule has 2 heterocycles. The number of carbonyl (C=O) groups excluding carboxylic acids is 2. The van der Waals surface area contributed by atoms with E-state index in [4.69, 9.17) is 9.47 Å². The van der Waals surface area contributed by atoms with Crippen LogP contribution in [0.1, 0.15) is 43.2 Å². The topological polar surface area (TPSA) is 59.1 Å². The third kappa shape index (κ3) is 6.60. The Morgan fingerprint density at radius 1 is 1.03 bits per heavy atom. The molecule has 0 N–H and O–H groups in total. The summed E-state index contributed by atoms with van der Waals surface area (Å²) >= 11 is 0. The van der Waals surface area contributed by atoms with E-state index in [1.54, 1.807) is 7.11 Å². The highest BCUT2D eigenvalue weighted by molar-refractivity contribution is 5.80. The highest BCUT2D eigenvalue weighted by Crippen LogP contribution is 2.24. The lowest BCUT2D eigenvalue weighted by atomic mass is 9.94. The summed E-state index contributed by atoms with van der Waals surface area (Å²) in [7, 11) is 1.66. The van der Waals surface area contributed by atoms with Crippen molar-refractivity contribution in [3.8, 4) is 5.75 Å².